The molecule has 1 aliphatic rings. The highest BCUT2D eigenvalue weighted by molar-refractivity contribution is 6.00. The summed E-state index contributed by atoms with van der Waals surface area (Å²) in [5.41, 5.74) is 3.97. The summed E-state index contributed by atoms with van der Waals surface area (Å²) in [4.78, 5) is 27.5. The molecule has 7 nitrogen and oxygen atoms in total. The van der Waals surface area contributed by atoms with Crippen LogP contribution in [0.15, 0.2) is 54.7 Å². The van der Waals surface area contributed by atoms with E-state index in [1.54, 1.807) is 22.9 Å². The number of nitrogens with zero attached hydrogens (tertiary/aromatic N) is 3. The molecule has 2 heterocycles. The summed E-state index contributed by atoms with van der Waals surface area (Å²) in [6.45, 7) is 5.23. The number of aryl methyl sites for hydroxylation is 1. The molecule has 33 heavy (non-hydrogen) atoms. The second-order valence-electron chi connectivity index (χ2n) is 8.22. The zero-order chi connectivity index (χ0) is 23.4. The van der Waals surface area contributed by atoms with Crippen molar-refractivity contribution in [2.75, 3.05) is 26.8 Å². The highest BCUT2D eigenvalue weighted by atomic mass is 16.5. The first kappa shape index (κ1) is 22.6. The van der Waals surface area contributed by atoms with Gasteiger partial charge in [0.15, 0.2) is 0 Å². The molecule has 4 rings (SSSR count). The van der Waals surface area contributed by atoms with Crippen molar-refractivity contribution < 1.29 is 19.1 Å². The molecule has 1 amide bonds. The Morgan fingerprint density at radius 2 is 1.82 bits per heavy atom. The molecule has 0 N–H and O–H groups in total. The highest BCUT2D eigenvalue weighted by Crippen LogP contribution is 2.29. The van der Waals surface area contributed by atoms with Gasteiger partial charge in [-0.15, -0.1) is 0 Å². The normalized spacial score (nSPS) is 14.2. The summed E-state index contributed by atoms with van der Waals surface area (Å²) in [5, 5.41) is 4.78. The molecule has 0 saturated carbocycles. The predicted octanol–water partition coefficient (Wildman–Crippen LogP) is 4.27. The zero-order valence-electron chi connectivity index (χ0n) is 19.3. The number of methoxy groups -OCH3 is 1. The number of carbonyl (C=O) groups is 2. The number of ether oxygens (including phenoxy) is 2. The molecule has 0 radical (unpaired) electrons. The lowest BCUT2D eigenvalue weighted by Crippen LogP contribution is -2.40. The van der Waals surface area contributed by atoms with Crippen LogP contribution in [-0.4, -0.2) is 53.4 Å². The topological polar surface area (TPSA) is 73.7 Å². The number of hydrogen-bond acceptors (Lipinski definition) is 5. The van der Waals surface area contributed by atoms with Gasteiger partial charge in [0.25, 0.3) is 5.91 Å². The maximum absolute atomic E-state index is 13.6. The van der Waals surface area contributed by atoms with Crippen molar-refractivity contribution in [3.05, 3.63) is 65.9 Å². The first-order valence-electron chi connectivity index (χ1n) is 11.3. The fourth-order valence-corrected chi connectivity index (χ4v) is 4.09. The lowest BCUT2D eigenvalue weighted by Gasteiger charge is -2.30. The van der Waals surface area contributed by atoms with Gasteiger partial charge in [0, 0.05) is 24.8 Å². The van der Waals surface area contributed by atoms with Gasteiger partial charge in [0.1, 0.15) is 11.4 Å². The van der Waals surface area contributed by atoms with Gasteiger partial charge in [0.2, 0.25) is 0 Å². The minimum atomic E-state index is -0.172. The van der Waals surface area contributed by atoms with Crippen molar-refractivity contribution >= 4 is 11.9 Å². The van der Waals surface area contributed by atoms with Gasteiger partial charge in [-0.25, -0.2) is 4.68 Å². The van der Waals surface area contributed by atoms with E-state index in [1.807, 2.05) is 62.4 Å². The standard InChI is InChI=1S/C26H29N3O4/c1-4-33-26(31)19-12-14-28(15-13-19)25(30)23-17-29(21-10-8-18(2)9-11-21)27-24(23)20-6-5-7-22(16-20)32-3/h5-11,16-17,19H,4,12-15H2,1-3H3. The van der Waals surface area contributed by atoms with E-state index in [0.29, 0.717) is 49.5 Å². The lowest BCUT2D eigenvalue weighted by atomic mass is 9.96. The van der Waals surface area contributed by atoms with Gasteiger partial charge in [-0.05, 0) is 51.0 Å². The Kier molecular flexibility index (Phi) is 6.77. The minimum Gasteiger partial charge on any atom is -0.497 e. The number of aromatic nitrogens is 2. The summed E-state index contributed by atoms with van der Waals surface area (Å²) in [6.07, 6.45) is 3.00. The van der Waals surface area contributed by atoms with Crippen LogP contribution in [0.1, 0.15) is 35.7 Å². The Hall–Kier alpha value is -3.61. The van der Waals surface area contributed by atoms with Crippen LogP contribution in [0, 0.1) is 12.8 Å². The number of benzene rings is 2. The molecule has 0 bridgehead atoms. The number of piperidine rings is 1. The van der Waals surface area contributed by atoms with Crippen LogP contribution in [0.3, 0.4) is 0 Å². The molecule has 0 unspecified atom stereocenters. The van der Waals surface area contributed by atoms with Crippen LogP contribution in [0.25, 0.3) is 16.9 Å². The molecular weight excluding hydrogens is 418 g/mol. The predicted molar refractivity (Wildman–Crippen MR) is 126 cm³/mol. The molecule has 7 heteroatoms. The van der Waals surface area contributed by atoms with E-state index in [0.717, 1.165) is 16.8 Å². The average molecular weight is 448 g/mol. The van der Waals surface area contributed by atoms with Crippen LogP contribution in [0.4, 0.5) is 0 Å². The zero-order valence-corrected chi connectivity index (χ0v) is 19.3. The second-order valence-corrected chi connectivity index (χ2v) is 8.22. The van der Waals surface area contributed by atoms with Gasteiger partial charge in [-0.2, -0.15) is 5.10 Å². The SMILES string of the molecule is CCOC(=O)C1CCN(C(=O)c2cn(-c3ccc(C)cc3)nc2-c2cccc(OC)c2)CC1. The Morgan fingerprint density at radius 3 is 2.48 bits per heavy atom. The molecule has 172 valence electrons. The molecule has 2 aromatic carbocycles. The van der Waals surface area contributed by atoms with Crippen LogP contribution in [0.2, 0.25) is 0 Å². The van der Waals surface area contributed by atoms with E-state index in [1.165, 1.54) is 0 Å². The highest BCUT2D eigenvalue weighted by Gasteiger charge is 2.30. The largest absolute Gasteiger partial charge is 0.497 e. The molecule has 1 fully saturated rings. The van der Waals surface area contributed by atoms with Crippen molar-refractivity contribution in [2.24, 2.45) is 5.92 Å². The Balaban J connectivity index is 1.65. The fourth-order valence-electron chi connectivity index (χ4n) is 4.09. The number of rotatable bonds is 6. The molecule has 1 saturated heterocycles. The van der Waals surface area contributed by atoms with Crippen molar-refractivity contribution in [1.29, 1.82) is 0 Å². The summed E-state index contributed by atoms with van der Waals surface area (Å²) in [5.74, 6) is 0.288. The summed E-state index contributed by atoms with van der Waals surface area (Å²) < 4.78 is 12.3. The van der Waals surface area contributed by atoms with E-state index in [9.17, 15) is 9.59 Å². The van der Waals surface area contributed by atoms with Crippen LogP contribution in [-0.2, 0) is 9.53 Å². The van der Waals surface area contributed by atoms with Crippen molar-refractivity contribution in [2.45, 2.75) is 26.7 Å². The van der Waals surface area contributed by atoms with E-state index in [-0.39, 0.29) is 17.8 Å². The molecular formula is C26H29N3O4. The quantitative estimate of drug-likeness (QED) is 0.528. The molecule has 1 aliphatic heterocycles. The number of likely N-dealkylation sites (tertiary alicyclic amines) is 1. The number of hydrogen-bond donors (Lipinski definition) is 0. The number of carbonyl (C=O) groups excluding carboxylic acids is 2. The lowest BCUT2D eigenvalue weighted by molar-refractivity contribution is -0.149. The average Bonchev–Trinajstić information content (AvgIpc) is 3.30. The van der Waals surface area contributed by atoms with Crippen LogP contribution in [0.5, 0.6) is 5.75 Å². The third kappa shape index (κ3) is 4.92. The summed E-state index contributed by atoms with van der Waals surface area (Å²) in [7, 11) is 1.61. The number of amides is 1. The first-order chi connectivity index (χ1) is 16.0. The van der Waals surface area contributed by atoms with Gasteiger partial charge >= 0.3 is 5.97 Å². The van der Waals surface area contributed by atoms with Crippen molar-refractivity contribution in [3.63, 3.8) is 0 Å². The molecule has 3 aromatic rings. The van der Waals surface area contributed by atoms with E-state index < -0.39 is 0 Å². The van der Waals surface area contributed by atoms with Gasteiger partial charge in [0.05, 0.1) is 30.9 Å². The van der Waals surface area contributed by atoms with Crippen molar-refractivity contribution in [1.82, 2.24) is 14.7 Å². The van der Waals surface area contributed by atoms with Crippen molar-refractivity contribution in [3.8, 4) is 22.7 Å². The maximum Gasteiger partial charge on any atom is 0.309 e. The Morgan fingerprint density at radius 1 is 1.09 bits per heavy atom. The van der Waals surface area contributed by atoms with E-state index in [4.69, 9.17) is 14.6 Å². The molecule has 0 atom stereocenters. The Labute approximate surface area is 193 Å². The molecule has 0 spiro atoms. The van der Waals surface area contributed by atoms with Gasteiger partial charge in [-0.1, -0.05) is 29.8 Å². The van der Waals surface area contributed by atoms with E-state index in [2.05, 4.69) is 0 Å². The third-order valence-electron chi connectivity index (χ3n) is 5.99. The summed E-state index contributed by atoms with van der Waals surface area (Å²) >= 11 is 0. The number of esters is 1. The fraction of sp³-hybridized carbons (Fsp3) is 0.346. The first-order valence-corrected chi connectivity index (χ1v) is 11.3. The van der Waals surface area contributed by atoms with E-state index >= 15 is 0 Å². The van der Waals surface area contributed by atoms with Crippen LogP contribution < -0.4 is 4.74 Å². The summed E-state index contributed by atoms with van der Waals surface area (Å²) in [6, 6.07) is 15.6. The monoisotopic (exact) mass is 447 g/mol. The smallest absolute Gasteiger partial charge is 0.309 e. The van der Waals surface area contributed by atoms with Gasteiger partial charge in [-0.3, -0.25) is 9.59 Å². The molecule has 0 aliphatic carbocycles. The van der Waals surface area contributed by atoms with Gasteiger partial charge < -0.3 is 14.4 Å². The second kappa shape index (κ2) is 9.90. The third-order valence-corrected chi connectivity index (χ3v) is 5.99. The Bertz CT molecular complexity index is 1130. The minimum absolute atomic E-state index is 0.0894. The van der Waals surface area contributed by atoms with Crippen LogP contribution >= 0.6 is 0 Å². The maximum atomic E-state index is 13.6. The molecule has 1 aromatic heterocycles.